The van der Waals surface area contributed by atoms with Gasteiger partial charge in [-0.15, -0.1) is 6.58 Å². The molecule has 1 aromatic rings. The average Bonchev–Trinajstić information content (AvgIpc) is 2.15. The summed E-state index contributed by atoms with van der Waals surface area (Å²) < 4.78 is 0. The summed E-state index contributed by atoms with van der Waals surface area (Å²) in [6, 6.07) is 2.01. The van der Waals surface area contributed by atoms with Crippen LogP contribution in [-0.2, 0) is 0 Å². The van der Waals surface area contributed by atoms with Crippen LogP contribution in [0, 0.1) is 18.3 Å². The van der Waals surface area contributed by atoms with Crippen LogP contribution in [0.15, 0.2) is 18.9 Å². The molecule has 0 aliphatic heterocycles. The maximum absolute atomic E-state index is 8.71. The Hall–Kier alpha value is -1.89. The second-order valence-corrected chi connectivity index (χ2v) is 2.46. The first-order chi connectivity index (χ1) is 6.27. The minimum atomic E-state index is 0.451. The zero-order valence-corrected chi connectivity index (χ0v) is 7.41. The Morgan fingerprint density at radius 1 is 1.77 bits per heavy atom. The summed E-state index contributed by atoms with van der Waals surface area (Å²) in [5.74, 6) is 1.21. The second kappa shape index (κ2) is 4.21. The lowest BCUT2D eigenvalue weighted by molar-refractivity contribution is 1.04. The molecule has 0 atom stereocenters. The molecule has 1 N–H and O–H groups in total. The Kier molecular flexibility index (Phi) is 2.98. The quantitative estimate of drug-likeness (QED) is 0.700. The predicted molar refractivity (Wildman–Crippen MR) is 50.2 cm³/mol. The summed E-state index contributed by atoms with van der Waals surface area (Å²) in [5.41, 5.74) is 0.451. The van der Waals surface area contributed by atoms with Gasteiger partial charge >= 0.3 is 0 Å². The molecule has 0 radical (unpaired) electrons. The van der Waals surface area contributed by atoms with Crippen LogP contribution in [0.2, 0.25) is 0 Å². The van der Waals surface area contributed by atoms with E-state index in [-0.39, 0.29) is 0 Å². The average molecular weight is 174 g/mol. The zero-order chi connectivity index (χ0) is 9.68. The van der Waals surface area contributed by atoms with E-state index in [0.29, 0.717) is 23.8 Å². The van der Waals surface area contributed by atoms with Crippen LogP contribution in [0.3, 0.4) is 0 Å². The number of anilines is 1. The number of rotatable bonds is 3. The molecular weight excluding hydrogens is 164 g/mol. The Bertz CT molecular complexity index is 351. The highest BCUT2D eigenvalue weighted by molar-refractivity contribution is 5.50. The van der Waals surface area contributed by atoms with Crippen LogP contribution in [0.1, 0.15) is 11.4 Å². The highest BCUT2D eigenvalue weighted by Crippen LogP contribution is 2.09. The Labute approximate surface area is 76.9 Å². The van der Waals surface area contributed by atoms with Crippen molar-refractivity contribution in [2.24, 2.45) is 0 Å². The third-order valence-electron chi connectivity index (χ3n) is 1.44. The lowest BCUT2D eigenvalue weighted by Gasteiger charge is -2.03. The van der Waals surface area contributed by atoms with Crippen molar-refractivity contribution in [3.05, 3.63) is 30.2 Å². The lowest BCUT2D eigenvalue weighted by Crippen LogP contribution is -2.04. The van der Waals surface area contributed by atoms with Gasteiger partial charge in [-0.1, -0.05) is 6.08 Å². The molecule has 0 aliphatic carbocycles. The number of hydrogen-bond acceptors (Lipinski definition) is 4. The van der Waals surface area contributed by atoms with E-state index in [1.54, 1.807) is 13.0 Å². The highest BCUT2D eigenvalue weighted by Gasteiger charge is 2.02. The normalized spacial score (nSPS) is 8.92. The van der Waals surface area contributed by atoms with Crippen molar-refractivity contribution >= 4 is 5.82 Å². The van der Waals surface area contributed by atoms with Gasteiger partial charge in [-0.05, 0) is 6.92 Å². The largest absolute Gasteiger partial charge is 0.365 e. The molecule has 1 rings (SSSR count). The first-order valence-corrected chi connectivity index (χ1v) is 3.86. The van der Waals surface area contributed by atoms with Crippen molar-refractivity contribution in [3.63, 3.8) is 0 Å². The maximum Gasteiger partial charge on any atom is 0.147 e. The third kappa shape index (κ3) is 2.27. The van der Waals surface area contributed by atoms with Gasteiger partial charge in [0.05, 0.1) is 6.20 Å². The molecule has 4 heteroatoms. The molecule has 0 fully saturated rings. The van der Waals surface area contributed by atoms with E-state index in [9.17, 15) is 0 Å². The van der Waals surface area contributed by atoms with E-state index in [2.05, 4.69) is 21.9 Å². The van der Waals surface area contributed by atoms with Crippen molar-refractivity contribution in [1.29, 1.82) is 5.26 Å². The van der Waals surface area contributed by atoms with Crippen LogP contribution in [0.5, 0.6) is 0 Å². The Morgan fingerprint density at radius 2 is 2.54 bits per heavy atom. The maximum atomic E-state index is 8.71. The van der Waals surface area contributed by atoms with Crippen molar-refractivity contribution < 1.29 is 0 Å². The fourth-order valence-corrected chi connectivity index (χ4v) is 0.855. The zero-order valence-electron chi connectivity index (χ0n) is 7.41. The molecule has 0 amide bonds. The van der Waals surface area contributed by atoms with Crippen LogP contribution in [0.25, 0.3) is 0 Å². The second-order valence-electron chi connectivity index (χ2n) is 2.46. The topological polar surface area (TPSA) is 61.6 Å². The smallest absolute Gasteiger partial charge is 0.147 e. The summed E-state index contributed by atoms with van der Waals surface area (Å²) in [5, 5.41) is 11.7. The third-order valence-corrected chi connectivity index (χ3v) is 1.44. The molecule has 0 saturated carbocycles. The van der Waals surface area contributed by atoms with Gasteiger partial charge in [-0.2, -0.15) is 5.26 Å². The predicted octanol–water partition coefficient (Wildman–Crippen LogP) is 1.25. The molecular formula is C9H10N4. The number of hydrogen-bond donors (Lipinski definition) is 1. The summed E-state index contributed by atoms with van der Waals surface area (Å²) in [6.45, 7) is 5.93. The van der Waals surface area contributed by atoms with E-state index in [1.807, 2.05) is 6.07 Å². The molecule has 1 heterocycles. The molecule has 0 saturated heterocycles. The Balaban J connectivity index is 2.95. The van der Waals surface area contributed by atoms with Gasteiger partial charge in [-0.25, -0.2) is 9.97 Å². The number of nitrogens with zero attached hydrogens (tertiary/aromatic N) is 3. The van der Waals surface area contributed by atoms with E-state index in [4.69, 9.17) is 5.26 Å². The summed E-state index contributed by atoms with van der Waals surface area (Å²) in [4.78, 5) is 8.01. The number of aryl methyl sites for hydroxylation is 1. The van der Waals surface area contributed by atoms with Gasteiger partial charge in [0.2, 0.25) is 0 Å². The van der Waals surface area contributed by atoms with Gasteiger partial charge in [0.15, 0.2) is 0 Å². The minimum absolute atomic E-state index is 0.451. The van der Waals surface area contributed by atoms with Crippen molar-refractivity contribution in [1.82, 2.24) is 9.97 Å². The monoisotopic (exact) mass is 174 g/mol. The summed E-state index contributed by atoms with van der Waals surface area (Å²) >= 11 is 0. The molecule has 0 spiro atoms. The van der Waals surface area contributed by atoms with Crippen LogP contribution in [0.4, 0.5) is 5.82 Å². The van der Waals surface area contributed by atoms with Gasteiger partial charge < -0.3 is 5.32 Å². The van der Waals surface area contributed by atoms with Gasteiger partial charge in [0, 0.05) is 6.54 Å². The molecule has 0 bridgehead atoms. The van der Waals surface area contributed by atoms with Crippen LogP contribution >= 0.6 is 0 Å². The van der Waals surface area contributed by atoms with Crippen molar-refractivity contribution in [3.8, 4) is 6.07 Å². The van der Waals surface area contributed by atoms with Crippen LogP contribution in [-0.4, -0.2) is 16.5 Å². The molecule has 13 heavy (non-hydrogen) atoms. The summed E-state index contributed by atoms with van der Waals surface area (Å²) in [7, 11) is 0. The fraction of sp³-hybridized carbons (Fsp3) is 0.222. The number of nitrogens with one attached hydrogen (secondary N) is 1. The molecule has 1 aromatic heterocycles. The van der Waals surface area contributed by atoms with Crippen molar-refractivity contribution in [2.45, 2.75) is 6.92 Å². The highest BCUT2D eigenvalue weighted by atomic mass is 15.0. The number of aromatic nitrogens is 2. The number of nitriles is 1. The first kappa shape index (κ1) is 9.20. The Morgan fingerprint density at radius 3 is 3.15 bits per heavy atom. The van der Waals surface area contributed by atoms with Gasteiger partial charge in [0.25, 0.3) is 0 Å². The van der Waals surface area contributed by atoms with E-state index in [0.717, 1.165) is 0 Å². The van der Waals surface area contributed by atoms with Crippen LogP contribution < -0.4 is 5.32 Å². The van der Waals surface area contributed by atoms with Gasteiger partial charge in [-0.3, -0.25) is 0 Å². The lowest BCUT2D eigenvalue weighted by atomic mass is 10.3. The summed E-state index contributed by atoms with van der Waals surface area (Å²) in [6.07, 6.45) is 3.21. The fourth-order valence-electron chi connectivity index (χ4n) is 0.855. The standard InChI is InChI=1S/C9H10N4/c1-3-4-11-9-8(5-10)6-12-7(2)13-9/h3,6H,1,4H2,2H3,(H,11,12,13). The molecule has 66 valence electrons. The van der Waals surface area contributed by atoms with E-state index >= 15 is 0 Å². The van der Waals surface area contributed by atoms with Gasteiger partial charge in [0.1, 0.15) is 23.3 Å². The minimum Gasteiger partial charge on any atom is -0.365 e. The SMILES string of the molecule is C=CCNc1nc(C)ncc1C#N. The molecule has 0 aromatic carbocycles. The molecule has 4 nitrogen and oxygen atoms in total. The van der Waals surface area contributed by atoms with E-state index in [1.165, 1.54) is 6.20 Å². The van der Waals surface area contributed by atoms with E-state index < -0.39 is 0 Å². The first-order valence-electron chi connectivity index (χ1n) is 3.86. The molecule has 0 unspecified atom stereocenters. The van der Waals surface area contributed by atoms with Crippen molar-refractivity contribution in [2.75, 3.05) is 11.9 Å². The molecule has 0 aliphatic rings.